The largest absolute Gasteiger partial charge is 0.362 e. The molecule has 0 saturated heterocycles. The Hall–Kier alpha value is -2.99. The fourth-order valence-corrected chi connectivity index (χ4v) is 4.36. The van der Waals surface area contributed by atoms with Crippen molar-refractivity contribution in [3.8, 4) is 0 Å². The molecule has 1 aliphatic carbocycles. The van der Waals surface area contributed by atoms with E-state index in [1.165, 1.54) is 24.0 Å². The topological polar surface area (TPSA) is 49.0 Å². The molecule has 0 bridgehead atoms. The summed E-state index contributed by atoms with van der Waals surface area (Å²) in [5.74, 6) is 0.573. The Morgan fingerprint density at radius 1 is 0.968 bits per heavy atom. The number of nitrogens with one attached hydrogen (secondary N) is 3. The number of thiocarbonyl (C=S) groups is 1. The zero-order valence-corrected chi connectivity index (χ0v) is 18.4. The van der Waals surface area contributed by atoms with Crippen molar-refractivity contribution >= 4 is 34.5 Å². The van der Waals surface area contributed by atoms with Crippen LogP contribution in [0.2, 0.25) is 0 Å². The number of aryl methyl sites for hydroxylation is 1. The van der Waals surface area contributed by atoms with Crippen LogP contribution in [-0.2, 0) is 5.41 Å². The first-order chi connectivity index (χ1) is 15.0. The molecule has 1 saturated carbocycles. The first kappa shape index (κ1) is 21.2. The Bertz CT molecular complexity index is 1010. The third kappa shape index (κ3) is 5.39. The number of nitrogens with zero attached hydrogens (tertiary/aromatic N) is 1. The van der Waals surface area contributed by atoms with E-state index in [2.05, 4.69) is 40.0 Å². The van der Waals surface area contributed by atoms with Gasteiger partial charge in [-0.05, 0) is 73.9 Å². The average molecular weight is 435 g/mol. The molecule has 2 aromatic carbocycles. The van der Waals surface area contributed by atoms with Crippen molar-refractivity contribution in [3.05, 3.63) is 83.8 Å². The zero-order valence-electron chi connectivity index (χ0n) is 17.6. The summed E-state index contributed by atoms with van der Waals surface area (Å²) in [5.41, 5.74) is 4.22. The van der Waals surface area contributed by atoms with Crippen LogP contribution in [0.3, 0.4) is 0 Å². The van der Waals surface area contributed by atoms with Gasteiger partial charge in [-0.2, -0.15) is 0 Å². The van der Waals surface area contributed by atoms with Crippen molar-refractivity contribution in [3.63, 3.8) is 0 Å². The highest BCUT2D eigenvalue weighted by Gasteiger charge is 2.35. The van der Waals surface area contributed by atoms with Gasteiger partial charge in [0.25, 0.3) is 0 Å². The molecule has 6 heteroatoms. The van der Waals surface area contributed by atoms with Crippen LogP contribution in [0.4, 0.5) is 21.6 Å². The molecule has 4 rings (SSSR count). The van der Waals surface area contributed by atoms with E-state index in [1.807, 2.05) is 36.4 Å². The third-order valence-corrected chi connectivity index (χ3v) is 6.20. The second kappa shape index (κ2) is 9.43. The lowest BCUT2D eigenvalue weighted by Gasteiger charge is -2.30. The molecule has 0 amide bonds. The van der Waals surface area contributed by atoms with Crippen LogP contribution in [0, 0.1) is 12.7 Å². The van der Waals surface area contributed by atoms with Crippen LogP contribution in [0.5, 0.6) is 0 Å². The molecule has 1 heterocycles. The lowest BCUT2D eigenvalue weighted by molar-refractivity contribution is 0.434. The molecule has 0 spiro atoms. The number of pyridine rings is 1. The normalized spacial score (nSPS) is 14.8. The van der Waals surface area contributed by atoms with Crippen LogP contribution in [0.1, 0.15) is 36.8 Å². The molecular formula is C25H27FN4S. The van der Waals surface area contributed by atoms with E-state index < -0.39 is 0 Å². The molecule has 3 N–H and O–H groups in total. The molecule has 4 nitrogen and oxygen atoms in total. The van der Waals surface area contributed by atoms with E-state index in [4.69, 9.17) is 12.2 Å². The van der Waals surface area contributed by atoms with Crippen LogP contribution in [0.25, 0.3) is 0 Å². The lowest BCUT2D eigenvalue weighted by atomic mass is 9.79. The van der Waals surface area contributed by atoms with E-state index in [9.17, 15) is 4.39 Å². The molecule has 1 aliphatic rings. The van der Waals surface area contributed by atoms with Crippen molar-refractivity contribution in [1.82, 2.24) is 10.3 Å². The monoisotopic (exact) mass is 434 g/mol. The van der Waals surface area contributed by atoms with Gasteiger partial charge < -0.3 is 16.0 Å². The minimum atomic E-state index is -0.199. The van der Waals surface area contributed by atoms with Gasteiger partial charge in [-0.3, -0.25) is 0 Å². The van der Waals surface area contributed by atoms with Crippen LogP contribution >= 0.6 is 12.2 Å². The Kier molecular flexibility index (Phi) is 6.47. The van der Waals surface area contributed by atoms with Crippen LogP contribution in [0.15, 0.2) is 66.9 Å². The zero-order chi connectivity index (χ0) is 21.7. The number of aromatic nitrogens is 1. The molecule has 160 valence electrons. The fourth-order valence-electron chi connectivity index (χ4n) is 4.17. The van der Waals surface area contributed by atoms with Gasteiger partial charge in [-0.15, -0.1) is 0 Å². The Morgan fingerprint density at radius 3 is 2.29 bits per heavy atom. The van der Waals surface area contributed by atoms with Gasteiger partial charge in [0, 0.05) is 17.6 Å². The minimum absolute atomic E-state index is 0.000491. The quantitative estimate of drug-likeness (QED) is 0.411. The average Bonchev–Trinajstić information content (AvgIpc) is 3.26. The predicted molar refractivity (Wildman–Crippen MR) is 129 cm³/mol. The van der Waals surface area contributed by atoms with Crippen molar-refractivity contribution in [2.75, 3.05) is 17.2 Å². The Balaban J connectivity index is 1.33. The highest BCUT2D eigenvalue weighted by molar-refractivity contribution is 7.80. The third-order valence-electron chi connectivity index (χ3n) is 5.95. The molecule has 0 radical (unpaired) electrons. The van der Waals surface area contributed by atoms with Gasteiger partial charge >= 0.3 is 0 Å². The fraction of sp³-hybridized carbons (Fsp3) is 0.280. The highest BCUT2D eigenvalue weighted by atomic mass is 32.1. The lowest BCUT2D eigenvalue weighted by Crippen LogP contribution is -2.40. The van der Waals surface area contributed by atoms with E-state index in [1.54, 1.807) is 18.3 Å². The van der Waals surface area contributed by atoms with Gasteiger partial charge in [0.15, 0.2) is 5.11 Å². The standard InChI is InChI=1S/C25H27FN4S/c1-18-4-10-21(11-5-18)29-23-13-12-22(16-27-23)30-24(31)28-17-25(14-2-3-15-25)19-6-8-20(26)9-7-19/h4-13,16H,2-3,14-15,17H2,1H3,(H,27,29)(H2,28,30,31). The number of anilines is 3. The SMILES string of the molecule is Cc1ccc(Nc2ccc(NC(=S)NCC3(c4ccc(F)cc4)CCCC3)cn2)cc1. The maximum absolute atomic E-state index is 13.4. The summed E-state index contributed by atoms with van der Waals surface area (Å²) in [7, 11) is 0. The number of benzene rings is 2. The van der Waals surface area contributed by atoms with Crippen molar-refractivity contribution in [2.24, 2.45) is 0 Å². The van der Waals surface area contributed by atoms with Gasteiger partial charge in [0.1, 0.15) is 11.6 Å². The van der Waals surface area contributed by atoms with E-state index >= 15 is 0 Å². The van der Waals surface area contributed by atoms with Gasteiger partial charge in [-0.1, -0.05) is 42.7 Å². The highest BCUT2D eigenvalue weighted by Crippen LogP contribution is 2.40. The van der Waals surface area contributed by atoms with Crippen molar-refractivity contribution in [2.45, 2.75) is 38.0 Å². The van der Waals surface area contributed by atoms with Gasteiger partial charge in [-0.25, -0.2) is 9.37 Å². The summed E-state index contributed by atoms with van der Waals surface area (Å²) in [4.78, 5) is 4.46. The van der Waals surface area contributed by atoms with E-state index in [0.29, 0.717) is 5.11 Å². The Morgan fingerprint density at radius 2 is 1.65 bits per heavy atom. The molecule has 31 heavy (non-hydrogen) atoms. The maximum atomic E-state index is 13.4. The van der Waals surface area contributed by atoms with E-state index in [-0.39, 0.29) is 11.2 Å². The smallest absolute Gasteiger partial charge is 0.170 e. The summed E-state index contributed by atoms with van der Waals surface area (Å²) in [6, 6.07) is 18.9. The summed E-state index contributed by atoms with van der Waals surface area (Å²) in [6.45, 7) is 2.79. The first-order valence-electron chi connectivity index (χ1n) is 10.6. The summed E-state index contributed by atoms with van der Waals surface area (Å²) in [5, 5.41) is 10.4. The molecule has 3 aromatic rings. The maximum Gasteiger partial charge on any atom is 0.170 e. The number of halogens is 1. The number of hydrogen-bond acceptors (Lipinski definition) is 3. The molecule has 0 atom stereocenters. The molecule has 0 unspecified atom stereocenters. The van der Waals surface area contributed by atoms with Gasteiger partial charge in [0.2, 0.25) is 0 Å². The second-order valence-electron chi connectivity index (χ2n) is 8.23. The van der Waals surface area contributed by atoms with E-state index in [0.717, 1.165) is 36.6 Å². The summed E-state index contributed by atoms with van der Waals surface area (Å²) in [6.07, 6.45) is 6.28. The van der Waals surface area contributed by atoms with Crippen molar-refractivity contribution in [1.29, 1.82) is 0 Å². The summed E-state index contributed by atoms with van der Waals surface area (Å²) >= 11 is 5.52. The summed E-state index contributed by atoms with van der Waals surface area (Å²) < 4.78 is 13.4. The van der Waals surface area contributed by atoms with Crippen molar-refractivity contribution < 1.29 is 4.39 Å². The second-order valence-corrected chi connectivity index (χ2v) is 8.63. The van der Waals surface area contributed by atoms with Crippen LogP contribution < -0.4 is 16.0 Å². The minimum Gasteiger partial charge on any atom is -0.362 e. The molecule has 1 aromatic heterocycles. The number of rotatable bonds is 6. The number of hydrogen-bond donors (Lipinski definition) is 3. The van der Waals surface area contributed by atoms with Gasteiger partial charge in [0.05, 0.1) is 11.9 Å². The first-order valence-corrected chi connectivity index (χ1v) is 11.0. The Labute approximate surface area is 188 Å². The molecule has 0 aliphatic heterocycles. The molecule has 1 fully saturated rings. The molecular weight excluding hydrogens is 407 g/mol. The van der Waals surface area contributed by atoms with Crippen LogP contribution in [-0.4, -0.2) is 16.6 Å². The predicted octanol–water partition coefficient (Wildman–Crippen LogP) is 6.07.